The lowest BCUT2D eigenvalue weighted by atomic mass is 10.0. The number of hydrogen-bond donors (Lipinski definition) is 2. The fourth-order valence-corrected chi connectivity index (χ4v) is 3.29. The van der Waals surface area contributed by atoms with Gasteiger partial charge in [-0.15, -0.1) is 6.42 Å². The standard InChI is InChI=1S/C24H31N3O6/c1-7-16-8-10-17(11-9-16)21(22(30)25-14-20(29)32-6)27(18-12-15(18)2)19(28)13-26-23(31)33-24(3,4)5/h1,8-11,15,18,21H,12-14H2,2-6H3,(H,25,30)(H,26,31). The summed E-state index contributed by atoms with van der Waals surface area (Å²) < 4.78 is 9.78. The second-order valence-electron chi connectivity index (χ2n) is 8.90. The number of amides is 3. The van der Waals surface area contributed by atoms with E-state index in [9.17, 15) is 19.2 Å². The van der Waals surface area contributed by atoms with Crippen molar-refractivity contribution in [3.05, 3.63) is 35.4 Å². The average Bonchev–Trinajstić information content (AvgIpc) is 3.48. The highest BCUT2D eigenvalue weighted by atomic mass is 16.6. The highest BCUT2D eigenvalue weighted by Crippen LogP contribution is 2.40. The Balaban J connectivity index is 2.30. The van der Waals surface area contributed by atoms with E-state index in [1.54, 1.807) is 45.0 Å². The molecule has 1 aliphatic carbocycles. The summed E-state index contributed by atoms with van der Waals surface area (Å²) >= 11 is 0. The van der Waals surface area contributed by atoms with Gasteiger partial charge in [0.1, 0.15) is 24.7 Å². The van der Waals surface area contributed by atoms with Crippen LogP contribution in [0.3, 0.4) is 0 Å². The number of methoxy groups -OCH3 is 1. The summed E-state index contributed by atoms with van der Waals surface area (Å²) in [6, 6.07) is 5.48. The van der Waals surface area contributed by atoms with E-state index >= 15 is 0 Å². The maximum absolute atomic E-state index is 13.2. The minimum atomic E-state index is -1.02. The lowest BCUT2D eigenvalue weighted by molar-refractivity contribution is -0.144. The summed E-state index contributed by atoms with van der Waals surface area (Å²) in [6.45, 7) is 6.43. The monoisotopic (exact) mass is 457 g/mol. The van der Waals surface area contributed by atoms with Gasteiger partial charge in [-0.3, -0.25) is 14.4 Å². The normalized spacial score (nSPS) is 17.7. The second kappa shape index (κ2) is 10.9. The number of benzene rings is 1. The van der Waals surface area contributed by atoms with E-state index in [0.717, 1.165) is 0 Å². The summed E-state index contributed by atoms with van der Waals surface area (Å²) in [5.74, 6) is 1.08. The molecule has 2 N–H and O–H groups in total. The van der Waals surface area contributed by atoms with Crippen LogP contribution in [-0.4, -0.2) is 60.6 Å². The van der Waals surface area contributed by atoms with Crippen molar-refractivity contribution in [2.75, 3.05) is 20.2 Å². The van der Waals surface area contributed by atoms with Crippen LogP contribution in [0.4, 0.5) is 4.79 Å². The molecule has 0 spiro atoms. The van der Waals surface area contributed by atoms with Gasteiger partial charge in [-0.05, 0) is 50.8 Å². The number of carbonyl (C=O) groups is 4. The van der Waals surface area contributed by atoms with Crippen molar-refractivity contribution < 1.29 is 28.7 Å². The molecule has 178 valence electrons. The van der Waals surface area contributed by atoms with Gasteiger partial charge in [0.15, 0.2) is 0 Å². The second-order valence-corrected chi connectivity index (χ2v) is 8.90. The minimum Gasteiger partial charge on any atom is -0.468 e. The Morgan fingerprint density at radius 3 is 2.24 bits per heavy atom. The molecule has 0 saturated heterocycles. The Bertz CT molecular complexity index is 929. The largest absolute Gasteiger partial charge is 0.468 e. The van der Waals surface area contributed by atoms with E-state index in [2.05, 4.69) is 21.3 Å². The predicted octanol–water partition coefficient (Wildman–Crippen LogP) is 1.76. The van der Waals surface area contributed by atoms with Gasteiger partial charge in [-0.25, -0.2) is 4.79 Å². The quantitative estimate of drug-likeness (QED) is 0.454. The van der Waals surface area contributed by atoms with Gasteiger partial charge >= 0.3 is 12.1 Å². The molecule has 9 nitrogen and oxygen atoms in total. The van der Waals surface area contributed by atoms with Crippen molar-refractivity contribution in [2.24, 2.45) is 5.92 Å². The summed E-state index contributed by atoms with van der Waals surface area (Å²) in [5.41, 5.74) is 0.435. The fourth-order valence-electron chi connectivity index (χ4n) is 3.29. The Morgan fingerprint density at radius 2 is 1.76 bits per heavy atom. The van der Waals surface area contributed by atoms with Gasteiger partial charge in [0, 0.05) is 11.6 Å². The third kappa shape index (κ3) is 7.52. The molecule has 0 radical (unpaired) electrons. The topological polar surface area (TPSA) is 114 Å². The van der Waals surface area contributed by atoms with Crippen LogP contribution < -0.4 is 10.6 Å². The number of esters is 1. The Hall–Kier alpha value is -3.54. The fraction of sp³-hybridized carbons (Fsp3) is 0.500. The summed E-state index contributed by atoms with van der Waals surface area (Å²) in [5, 5.41) is 4.98. The van der Waals surface area contributed by atoms with Crippen LogP contribution in [0.1, 0.15) is 51.3 Å². The van der Waals surface area contributed by atoms with Gasteiger partial charge in [-0.2, -0.15) is 0 Å². The van der Waals surface area contributed by atoms with Gasteiger partial charge in [0.2, 0.25) is 11.8 Å². The molecule has 1 aromatic carbocycles. The molecule has 2 rings (SSSR count). The highest BCUT2D eigenvalue weighted by Gasteiger charge is 2.46. The number of terminal acetylenes is 1. The SMILES string of the molecule is C#Cc1ccc(C(C(=O)NCC(=O)OC)N(C(=O)CNC(=O)OC(C)(C)C)C2CC2C)cc1. The summed E-state index contributed by atoms with van der Waals surface area (Å²) in [6.07, 6.45) is 5.41. The number of hydrogen-bond acceptors (Lipinski definition) is 6. The zero-order valence-electron chi connectivity index (χ0n) is 19.6. The molecule has 3 atom stereocenters. The number of nitrogens with zero attached hydrogens (tertiary/aromatic N) is 1. The zero-order valence-corrected chi connectivity index (χ0v) is 19.6. The van der Waals surface area contributed by atoms with Gasteiger partial charge in [0.05, 0.1) is 7.11 Å². The van der Waals surface area contributed by atoms with Crippen LogP contribution >= 0.6 is 0 Å². The first kappa shape index (κ1) is 25.7. The molecular weight excluding hydrogens is 426 g/mol. The van der Waals surface area contributed by atoms with Crippen molar-refractivity contribution in [1.29, 1.82) is 0 Å². The predicted molar refractivity (Wildman–Crippen MR) is 121 cm³/mol. The molecule has 3 amide bonds. The first-order chi connectivity index (χ1) is 15.5. The molecule has 0 bridgehead atoms. The Kier molecular flexibility index (Phi) is 8.46. The lowest BCUT2D eigenvalue weighted by Crippen LogP contribution is -2.49. The molecule has 1 aromatic rings. The average molecular weight is 458 g/mol. The van der Waals surface area contributed by atoms with E-state index in [-0.39, 0.29) is 25.0 Å². The summed E-state index contributed by atoms with van der Waals surface area (Å²) in [7, 11) is 1.22. The number of ether oxygens (including phenoxy) is 2. The maximum Gasteiger partial charge on any atom is 0.408 e. The van der Waals surface area contributed by atoms with Gasteiger partial charge in [0.25, 0.3) is 0 Å². The third-order valence-electron chi connectivity index (χ3n) is 5.05. The third-order valence-corrected chi connectivity index (χ3v) is 5.05. The molecule has 3 unspecified atom stereocenters. The van der Waals surface area contributed by atoms with Crippen molar-refractivity contribution in [2.45, 2.75) is 51.8 Å². The van der Waals surface area contributed by atoms with E-state index in [0.29, 0.717) is 17.5 Å². The van der Waals surface area contributed by atoms with Crippen LogP contribution in [0, 0.1) is 18.3 Å². The van der Waals surface area contributed by atoms with Crippen molar-refractivity contribution in [3.63, 3.8) is 0 Å². The van der Waals surface area contributed by atoms with Crippen molar-refractivity contribution in [3.8, 4) is 12.3 Å². The molecule has 0 heterocycles. The smallest absolute Gasteiger partial charge is 0.408 e. The van der Waals surface area contributed by atoms with Crippen LogP contribution in [0.15, 0.2) is 24.3 Å². The molecular formula is C24H31N3O6. The number of nitrogens with one attached hydrogen (secondary N) is 2. The molecule has 1 aliphatic rings. The molecule has 9 heteroatoms. The van der Waals surface area contributed by atoms with E-state index in [1.165, 1.54) is 12.0 Å². The molecule has 0 aliphatic heterocycles. The number of alkyl carbamates (subject to hydrolysis) is 1. The van der Waals surface area contributed by atoms with Crippen LogP contribution in [0.25, 0.3) is 0 Å². The minimum absolute atomic E-state index is 0.177. The zero-order chi connectivity index (χ0) is 24.8. The van der Waals surface area contributed by atoms with E-state index in [4.69, 9.17) is 11.2 Å². The maximum atomic E-state index is 13.2. The van der Waals surface area contributed by atoms with E-state index in [1.807, 2.05) is 6.92 Å². The number of carbonyl (C=O) groups excluding carboxylic acids is 4. The molecule has 1 saturated carbocycles. The molecule has 33 heavy (non-hydrogen) atoms. The van der Waals surface area contributed by atoms with E-state index < -0.39 is 35.5 Å². The first-order valence-electron chi connectivity index (χ1n) is 10.7. The van der Waals surface area contributed by atoms with Crippen LogP contribution in [0.2, 0.25) is 0 Å². The molecule has 1 fully saturated rings. The Morgan fingerprint density at radius 1 is 1.15 bits per heavy atom. The highest BCUT2D eigenvalue weighted by molar-refractivity contribution is 5.92. The lowest BCUT2D eigenvalue weighted by Gasteiger charge is -2.32. The van der Waals surface area contributed by atoms with Crippen LogP contribution in [0.5, 0.6) is 0 Å². The Labute approximate surface area is 194 Å². The van der Waals surface area contributed by atoms with Gasteiger partial charge in [-0.1, -0.05) is 25.0 Å². The van der Waals surface area contributed by atoms with Crippen LogP contribution in [-0.2, 0) is 23.9 Å². The first-order valence-corrected chi connectivity index (χ1v) is 10.7. The number of rotatable bonds is 8. The van der Waals surface area contributed by atoms with Crippen molar-refractivity contribution >= 4 is 23.9 Å². The van der Waals surface area contributed by atoms with Crippen molar-refractivity contribution in [1.82, 2.24) is 15.5 Å². The van der Waals surface area contributed by atoms with Gasteiger partial charge < -0.3 is 25.0 Å². The molecule has 0 aromatic heterocycles. The summed E-state index contributed by atoms with van der Waals surface area (Å²) in [4.78, 5) is 51.4.